The topological polar surface area (TPSA) is 326 Å². The number of nitrogens with two attached hydrogens (primary N) is 2. The molecule has 12 atom stereocenters. The summed E-state index contributed by atoms with van der Waals surface area (Å²) in [7, 11) is -3.82. The predicted octanol–water partition coefficient (Wildman–Crippen LogP) is -5.38. The van der Waals surface area contributed by atoms with E-state index in [9.17, 15) is 48.3 Å². The molecule has 22 heteroatoms. The number of guanidine groups is 1. The zero-order valence-corrected chi connectivity index (χ0v) is 30.6. The van der Waals surface area contributed by atoms with Crippen LogP contribution in [0.3, 0.4) is 0 Å². The van der Waals surface area contributed by atoms with Gasteiger partial charge in [-0.2, -0.15) is 8.42 Å². The highest BCUT2D eigenvalue weighted by molar-refractivity contribution is 7.80. The number of aliphatic hydroxyl groups excluding tert-OH is 5. The Morgan fingerprint density at radius 1 is 1.09 bits per heavy atom. The molecule has 0 aromatic carbocycles. The van der Waals surface area contributed by atoms with Crippen LogP contribution in [0.1, 0.15) is 39.5 Å². The van der Waals surface area contributed by atoms with E-state index in [1.54, 1.807) is 18.4 Å². The molecule has 4 aliphatic rings. The second kappa shape index (κ2) is 18.1. The number of hydrogen-bond donors (Lipinski definition) is 10. The maximum atomic E-state index is 14.5. The summed E-state index contributed by atoms with van der Waals surface area (Å²) in [6, 6.07) is -3.08. The lowest BCUT2D eigenvalue weighted by molar-refractivity contribution is -0.503. The quantitative estimate of drug-likeness (QED) is 0.0321. The zero-order valence-electron chi connectivity index (χ0n) is 29.8. The molecule has 3 fully saturated rings. The molecule has 8 unspecified atom stereocenters. The van der Waals surface area contributed by atoms with Crippen LogP contribution in [0.25, 0.3) is 0 Å². The van der Waals surface area contributed by atoms with Crippen molar-refractivity contribution in [3.63, 3.8) is 0 Å². The normalized spacial score (nSPS) is 32.9. The van der Waals surface area contributed by atoms with Crippen LogP contribution >= 0.6 is 0 Å². The Morgan fingerprint density at radius 3 is 2.38 bits per heavy atom. The van der Waals surface area contributed by atoms with Crippen molar-refractivity contribution in [3.8, 4) is 0 Å². The SMILES string of the molecule is COC(COS(=O)(=O)O)C(=O)NC(C(=O)N1C2CC(O[C@H]3OC(CO)[C@@H](O)C(O)C3O)[C@@H](O)CC2C[C@H]1C(=O)NCCC1=CC[N+](=C(N)N)C1)C(C)C. The number of ether oxygens (including phenoxy) is 3. The van der Waals surface area contributed by atoms with Gasteiger partial charge in [0.1, 0.15) is 43.1 Å². The van der Waals surface area contributed by atoms with Gasteiger partial charge in [-0.15, -0.1) is 0 Å². The average molecular weight is 782 g/mol. The van der Waals surface area contributed by atoms with Gasteiger partial charge in [0.15, 0.2) is 12.4 Å². The van der Waals surface area contributed by atoms with Crippen molar-refractivity contribution >= 4 is 34.1 Å². The van der Waals surface area contributed by atoms with Crippen LogP contribution in [-0.2, 0) is 43.2 Å². The molecule has 21 nitrogen and oxygen atoms in total. The van der Waals surface area contributed by atoms with E-state index in [4.69, 9.17) is 30.2 Å². The highest BCUT2D eigenvalue weighted by atomic mass is 32.3. The van der Waals surface area contributed by atoms with Crippen LogP contribution in [0.2, 0.25) is 0 Å². The molecule has 12 N–H and O–H groups in total. The first kappa shape index (κ1) is 42.7. The monoisotopic (exact) mass is 781 g/mol. The van der Waals surface area contributed by atoms with Gasteiger partial charge < -0.3 is 55.3 Å². The number of nitrogens with zero attached hydrogens (tertiary/aromatic N) is 2. The summed E-state index contributed by atoms with van der Waals surface area (Å²) in [5.41, 5.74) is 12.4. The van der Waals surface area contributed by atoms with Crippen LogP contribution in [0, 0.1) is 11.8 Å². The number of aliphatic hydroxyl groups is 5. The molecule has 53 heavy (non-hydrogen) atoms. The lowest BCUT2D eigenvalue weighted by Gasteiger charge is -2.44. The van der Waals surface area contributed by atoms with Crippen LogP contribution in [0.15, 0.2) is 11.6 Å². The molecule has 3 heterocycles. The van der Waals surface area contributed by atoms with Crippen LogP contribution in [0.4, 0.5) is 0 Å². The number of rotatable bonds is 15. The summed E-state index contributed by atoms with van der Waals surface area (Å²) >= 11 is 0. The second-order valence-corrected chi connectivity index (χ2v) is 15.2. The van der Waals surface area contributed by atoms with Crippen molar-refractivity contribution in [3.05, 3.63) is 11.6 Å². The highest BCUT2D eigenvalue weighted by Crippen LogP contribution is 2.42. The van der Waals surface area contributed by atoms with E-state index in [0.717, 1.165) is 12.7 Å². The molecule has 4 rings (SSSR count). The summed E-state index contributed by atoms with van der Waals surface area (Å²) < 4.78 is 53.7. The van der Waals surface area contributed by atoms with Gasteiger partial charge in [-0.05, 0) is 49.2 Å². The van der Waals surface area contributed by atoms with E-state index >= 15 is 0 Å². The van der Waals surface area contributed by atoms with Gasteiger partial charge in [-0.25, -0.2) is 4.18 Å². The number of fused-ring (bicyclic) bond motifs is 1. The Hall–Kier alpha value is -3.03. The minimum atomic E-state index is -4.91. The van der Waals surface area contributed by atoms with E-state index in [2.05, 4.69) is 14.8 Å². The number of carbonyl (C=O) groups is 3. The fourth-order valence-corrected chi connectivity index (χ4v) is 7.55. The number of hydrogen-bond acceptors (Lipinski definition) is 14. The molecule has 0 radical (unpaired) electrons. The third kappa shape index (κ3) is 10.4. The van der Waals surface area contributed by atoms with E-state index in [-0.39, 0.29) is 31.8 Å². The highest BCUT2D eigenvalue weighted by Gasteiger charge is 2.54. The first-order chi connectivity index (χ1) is 24.9. The maximum Gasteiger partial charge on any atom is 0.397 e. The first-order valence-electron chi connectivity index (χ1n) is 17.4. The van der Waals surface area contributed by atoms with Crippen LogP contribution in [0.5, 0.6) is 0 Å². The van der Waals surface area contributed by atoms with E-state index in [0.29, 0.717) is 19.5 Å². The third-order valence-electron chi connectivity index (χ3n) is 10.2. The smallest absolute Gasteiger partial charge is 0.394 e. The average Bonchev–Trinajstić information content (AvgIpc) is 3.72. The second-order valence-electron chi connectivity index (χ2n) is 14.1. The van der Waals surface area contributed by atoms with E-state index in [1.165, 1.54) is 4.90 Å². The van der Waals surface area contributed by atoms with Gasteiger partial charge in [-0.1, -0.05) is 13.8 Å². The van der Waals surface area contributed by atoms with Gasteiger partial charge >= 0.3 is 16.4 Å². The molecule has 2 saturated heterocycles. The Balaban J connectivity index is 1.57. The summed E-state index contributed by atoms with van der Waals surface area (Å²) in [6.07, 6.45) is -9.25. The van der Waals surface area contributed by atoms with Gasteiger partial charge in [0.25, 0.3) is 5.91 Å². The van der Waals surface area contributed by atoms with Crippen molar-refractivity contribution < 1.29 is 75.9 Å². The fourth-order valence-electron chi connectivity index (χ4n) is 7.26. The first-order valence-corrected chi connectivity index (χ1v) is 18.7. The maximum absolute atomic E-state index is 14.5. The number of amides is 3. The number of methoxy groups -OCH3 is 1. The molecule has 0 spiro atoms. The molecule has 0 aromatic heterocycles. The number of likely N-dealkylation sites (tertiary alicyclic amines) is 1. The van der Waals surface area contributed by atoms with Crippen LogP contribution in [-0.4, -0.2) is 179 Å². The van der Waals surface area contributed by atoms with Gasteiger partial charge in [0.05, 0.1) is 31.9 Å². The molecule has 1 aliphatic carbocycles. The largest absolute Gasteiger partial charge is 0.397 e. The molecule has 0 aromatic rings. The molecule has 0 bridgehead atoms. The van der Waals surface area contributed by atoms with Gasteiger partial charge in [0, 0.05) is 19.7 Å². The lowest BCUT2D eigenvalue weighted by Crippen LogP contribution is -2.62. The molecule has 3 aliphatic heterocycles. The summed E-state index contributed by atoms with van der Waals surface area (Å²) in [5, 5.41) is 57.2. The summed E-state index contributed by atoms with van der Waals surface area (Å²) in [5.74, 6) is -2.91. The van der Waals surface area contributed by atoms with Crippen molar-refractivity contribution in [2.75, 3.05) is 40.0 Å². The minimum Gasteiger partial charge on any atom is -0.394 e. The van der Waals surface area contributed by atoms with Crippen LogP contribution < -0.4 is 22.1 Å². The van der Waals surface area contributed by atoms with Crippen molar-refractivity contribution in [2.24, 2.45) is 23.3 Å². The molecular weight excluding hydrogens is 728 g/mol. The molecule has 3 amide bonds. The Labute approximate surface area is 306 Å². The zero-order chi connectivity index (χ0) is 39.4. The van der Waals surface area contributed by atoms with Gasteiger partial charge in [-0.3, -0.25) is 35.0 Å². The standard InChI is InChI=1S/C31H52N6O15S/c1-14(2)23(35-28(44)22(49-3)13-50-53(46,47)48)29(45)37-17-10-20(51-30-26(42)25(41)24(40)21(12-38)52-30)19(39)9-16(17)8-18(37)27(43)34-6-4-15-5-7-36(11-15)31(32)33/h5,14,16-26,30,38-42H,4,6-13H2,1-3H3,(H6,32,33,34,35,43,44,46,47,48)/p+1/t16?,17?,18-,19-,20?,21?,22?,23?,24+,25?,26?,30-/m0/s1. The summed E-state index contributed by atoms with van der Waals surface area (Å²) in [6.45, 7) is 2.93. The number of nitrogens with one attached hydrogen (secondary N) is 2. The Bertz CT molecular complexity index is 1490. The third-order valence-corrected chi connectivity index (χ3v) is 10.6. The minimum absolute atomic E-state index is 0.0530. The predicted molar refractivity (Wildman–Crippen MR) is 181 cm³/mol. The van der Waals surface area contributed by atoms with Crippen molar-refractivity contribution in [2.45, 2.75) is 107 Å². The van der Waals surface area contributed by atoms with E-state index in [1.807, 2.05) is 6.08 Å². The molecule has 1 saturated carbocycles. The number of carbonyl (C=O) groups excluding carboxylic acids is 3. The molecular formula is C31H53N6O15S+. The van der Waals surface area contributed by atoms with E-state index < -0.39 is 120 Å². The Kier molecular flexibility index (Phi) is 14.6. The molecule has 302 valence electrons. The van der Waals surface area contributed by atoms with Gasteiger partial charge in [0.2, 0.25) is 11.8 Å². The van der Waals surface area contributed by atoms with Crippen molar-refractivity contribution in [1.82, 2.24) is 15.5 Å². The fraction of sp³-hybridized carbons (Fsp3) is 0.806. The lowest BCUT2D eigenvalue weighted by atomic mass is 9.81. The summed E-state index contributed by atoms with van der Waals surface area (Å²) in [4.78, 5) is 42.9. The van der Waals surface area contributed by atoms with Crippen molar-refractivity contribution in [1.29, 1.82) is 0 Å². The Morgan fingerprint density at radius 2 is 1.79 bits per heavy atom.